The van der Waals surface area contributed by atoms with Crippen LogP contribution in [0.2, 0.25) is 25.7 Å². The number of ether oxygens (including phenoxy) is 2. The van der Waals surface area contributed by atoms with Crippen LogP contribution in [0.1, 0.15) is 28.8 Å². The van der Waals surface area contributed by atoms with E-state index in [1.54, 1.807) is 42.1 Å². The molecule has 2 aromatic carbocycles. The Morgan fingerprint density at radius 1 is 1.26 bits per heavy atom. The number of pyridine rings is 1. The molecule has 0 radical (unpaired) electrons. The molecule has 2 aromatic heterocycles. The lowest BCUT2D eigenvalue weighted by atomic mass is 10.0. The summed E-state index contributed by atoms with van der Waals surface area (Å²) in [4.78, 5) is 18.5. The highest BCUT2D eigenvalue weighted by atomic mass is 28.3. The van der Waals surface area contributed by atoms with Gasteiger partial charge in [0.05, 0.1) is 35.3 Å². The van der Waals surface area contributed by atoms with Crippen molar-refractivity contribution in [3.8, 4) is 16.9 Å². The maximum absolute atomic E-state index is 14.0. The molecular formula is C31H34FN5O4Si. The lowest BCUT2D eigenvalue weighted by molar-refractivity contribution is -0.588. The molecule has 9 nitrogen and oxygen atoms in total. The number of carbonyl (C=O) groups is 1. The van der Waals surface area contributed by atoms with Crippen molar-refractivity contribution in [3.05, 3.63) is 88.4 Å². The van der Waals surface area contributed by atoms with Gasteiger partial charge in [-0.2, -0.15) is 14.7 Å². The molecule has 218 valence electrons. The number of carbonyl (C=O) groups excluding carboxylic acids is 1. The molecule has 2 heterocycles. The van der Waals surface area contributed by atoms with E-state index >= 15 is 0 Å². The van der Waals surface area contributed by atoms with E-state index in [9.17, 15) is 14.4 Å². The molecule has 0 N–H and O–H groups in total. The smallest absolute Gasteiger partial charge is 0.441 e. The Morgan fingerprint density at radius 2 is 2.05 bits per heavy atom. The molecule has 0 saturated heterocycles. The Kier molecular flexibility index (Phi) is 8.29. The number of amides is 1. The number of hydrogen-bond donors (Lipinski definition) is 0. The van der Waals surface area contributed by atoms with Crippen molar-refractivity contribution in [2.75, 3.05) is 13.7 Å². The van der Waals surface area contributed by atoms with Gasteiger partial charge in [-0.25, -0.2) is 9.07 Å². The lowest BCUT2D eigenvalue weighted by Crippen LogP contribution is -2.31. The highest BCUT2D eigenvalue weighted by Gasteiger charge is 2.27. The fourth-order valence-corrected chi connectivity index (χ4v) is 5.44. The van der Waals surface area contributed by atoms with E-state index in [4.69, 9.17) is 16.0 Å². The van der Waals surface area contributed by atoms with E-state index in [1.165, 1.54) is 29.4 Å². The first kappa shape index (κ1) is 29.2. The quantitative estimate of drug-likeness (QED) is 0.0690. The minimum absolute atomic E-state index is 0.0779. The molecular weight excluding hydrogens is 553 g/mol. The number of halogens is 1. The van der Waals surface area contributed by atoms with Crippen LogP contribution in [-0.2, 0) is 18.0 Å². The van der Waals surface area contributed by atoms with Crippen molar-refractivity contribution in [3.63, 3.8) is 0 Å². The first-order chi connectivity index (χ1) is 20.0. The summed E-state index contributed by atoms with van der Waals surface area (Å²) in [7, 11) is 0.375. The van der Waals surface area contributed by atoms with Gasteiger partial charge in [0.15, 0.2) is 6.20 Å². The van der Waals surface area contributed by atoms with Gasteiger partial charge >= 0.3 is 5.82 Å². The van der Waals surface area contributed by atoms with E-state index in [0.29, 0.717) is 50.2 Å². The Bertz CT molecular complexity index is 1670. The topological polar surface area (TPSA) is 87.9 Å². The number of fused-ring (bicyclic) bond motifs is 1. The Labute approximate surface area is 245 Å². The van der Waals surface area contributed by atoms with Gasteiger partial charge in [0.2, 0.25) is 0 Å². The molecule has 1 aliphatic carbocycles. The summed E-state index contributed by atoms with van der Waals surface area (Å²) >= 11 is 0. The predicted octanol–water partition coefficient (Wildman–Crippen LogP) is 6.15. The minimum atomic E-state index is -1.28. The van der Waals surface area contributed by atoms with Crippen LogP contribution < -0.4 is 9.47 Å². The molecule has 1 saturated carbocycles. The minimum Gasteiger partial charge on any atom is -0.629 e. The second kappa shape index (κ2) is 11.9. The van der Waals surface area contributed by atoms with Crippen LogP contribution in [0.3, 0.4) is 0 Å². The first-order valence-electron chi connectivity index (χ1n) is 13.9. The van der Waals surface area contributed by atoms with E-state index < -0.39 is 8.07 Å². The zero-order valence-corrected chi connectivity index (χ0v) is 25.3. The van der Waals surface area contributed by atoms with Crippen molar-refractivity contribution in [2.45, 2.75) is 57.9 Å². The summed E-state index contributed by atoms with van der Waals surface area (Å²) in [5.41, 5.74) is 2.91. The van der Waals surface area contributed by atoms with Crippen molar-refractivity contribution in [1.82, 2.24) is 14.7 Å². The number of aromatic nitrogens is 3. The average molecular weight is 588 g/mol. The first-order valence-corrected chi connectivity index (χ1v) is 17.6. The number of rotatable bonds is 11. The van der Waals surface area contributed by atoms with Crippen LogP contribution in [0.25, 0.3) is 26.9 Å². The maximum atomic E-state index is 14.0. The van der Waals surface area contributed by atoms with Crippen molar-refractivity contribution >= 4 is 30.7 Å². The molecule has 42 heavy (non-hydrogen) atoms. The Hall–Kier alpha value is -4.27. The third-order valence-corrected chi connectivity index (χ3v) is 8.82. The standard InChI is InChI=1S/C31H34FN5O4Si/c1-33-30-27-17-34-36(20-40-13-14-42(3,4)5)29(27)23(19-37(30)39)18-35(2)31(38)22-9-12-26(21-7-6-8-24(32)15-21)28(16-22)41-25-10-11-25/h6-9,12,15-17,19,25H,10-11,13-14,18,20H2,2-5H3. The van der Waals surface area contributed by atoms with E-state index in [0.717, 1.165) is 18.9 Å². The number of hydrogen-bond acceptors (Lipinski definition) is 5. The van der Waals surface area contributed by atoms with Gasteiger partial charge in [-0.3, -0.25) is 4.79 Å². The van der Waals surface area contributed by atoms with Gasteiger partial charge in [0, 0.05) is 32.9 Å². The highest BCUT2D eigenvalue weighted by molar-refractivity contribution is 6.76. The van der Waals surface area contributed by atoms with Gasteiger partial charge in [0.25, 0.3) is 5.91 Å². The van der Waals surface area contributed by atoms with Crippen molar-refractivity contribution < 1.29 is 23.4 Å². The molecule has 0 bridgehead atoms. The van der Waals surface area contributed by atoms with E-state index in [2.05, 4.69) is 29.6 Å². The monoisotopic (exact) mass is 587 g/mol. The molecule has 1 fully saturated rings. The van der Waals surface area contributed by atoms with Crippen LogP contribution >= 0.6 is 0 Å². The zero-order chi connectivity index (χ0) is 30.0. The van der Waals surface area contributed by atoms with Gasteiger partial charge in [0.1, 0.15) is 24.9 Å². The molecule has 4 aromatic rings. The molecule has 1 amide bonds. The average Bonchev–Trinajstić information content (AvgIpc) is 3.66. The molecule has 5 rings (SSSR count). The summed E-state index contributed by atoms with van der Waals surface area (Å²) in [6.07, 6.45) is 4.77. The van der Waals surface area contributed by atoms with Gasteiger partial charge < -0.3 is 19.6 Å². The molecule has 11 heteroatoms. The molecule has 1 aliphatic rings. The summed E-state index contributed by atoms with van der Waals surface area (Å²) in [5, 5.41) is 17.5. The fraction of sp³-hybridized carbons (Fsp3) is 0.355. The molecule has 0 unspecified atom stereocenters. The van der Waals surface area contributed by atoms with Gasteiger partial charge in [-0.05, 0) is 54.8 Å². The predicted molar refractivity (Wildman–Crippen MR) is 160 cm³/mol. The van der Waals surface area contributed by atoms with Crippen molar-refractivity contribution in [2.24, 2.45) is 0 Å². The highest BCUT2D eigenvalue weighted by Crippen LogP contribution is 2.36. The SMILES string of the molecule is [C-]#[N+]c1c2cnn(COCC[Si](C)(C)C)c2c(CN(C)C(=O)c2ccc(-c3cccc(F)c3)c(OC3CC3)c2)c[n+]1[O-]. The van der Waals surface area contributed by atoms with Gasteiger partial charge in [-0.15, -0.1) is 0 Å². The second-order valence-electron chi connectivity index (χ2n) is 11.9. The van der Waals surface area contributed by atoms with Gasteiger partial charge in [-0.1, -0.05) is 31.8 Å². The molecule has 0 atom stereocenters. The van der Waals surface area contributed by atoms with Crippen molar-refractivity contribution in [1.29, 1.82) is 0 Å². The van der Waals surface area contributed by atoms with E-state index in [-0.39, 0.29) is 36.9 Å². The zero-order valence-electron chi connectivity index (χ0n) is 24.3. The molecule has 0 spiro atoms. The summed E-state index contributed by atoms with van der Waals surface area (Å²) in [5.74, 6) is -0.182. The van der Waals surface area contributed by atoms with Crippen LogP contribution in [0, 0.1) is 17.6 Å². The third kappa shape index (κ3) is 6.61. The van der Waals surface area contributed by atoms with Crippen LogP contribution in [0.4, 0.5) is 10.2 Å². The maximum Gasteiger partial charge on any atom is 0.441 e. The van der Waals surface area contributed by atoms with Crippen LogP contribution in [0.15, 0.2) is 54.9 Å². The molecule has 0 aliphatic heterocycles. The summed E-state index contributed by atoms with van der Waals surface area (Å²) < 4.78 is 28.1. The largest absolute Gasteiger partial charge is 0.629 e. The van der Waals surface area contributed by atoms with Crippen LogP contribution in [-0.4, -0.2) is 48.4 Å². The number of nitrogens with zero attached hydrogens (tertiary/aromatic N) is 5. The second-order valence-corrected chi connectivity index (χ2v) is 17.5. The summed E-state index contributed by atoms with van der Waals surface area (Å²) in [6, 6.07) is 12.4. The van der Waals surface area contributed by atoms with Crippen LogP contribution in [0.5, 0.6) is 5.75 Å². The lowest BCUT2D eigenvalue weighted by Gasteiger charge is -2.20. The normalized spacial score (nSPS) is 13.2. The number of benzene rings is 2. The third-order valence-electron chi connectivity index (χ3n) is 7.12. The van der Waals surface area contributed by atoms with E-state index in [1.807, 2.05) is 0 Å². The Morgan fingerprint density at radius 3 is 2.74 bits per heavy atom. The Balaban J connectivity index is 1.42. The summed E-state index contributed by atoms with van der Waals surface area (Å²) in [6.45, 7) is 15.2. The fourth-order valence-electron chi connectivity index (χ4n) is 4.68.